The van der Waals surface area contributed by atoms with Gasteiger partial charge in [-0.25, -0.2) is 15.0 Å². The van der Waals surface area contributed by atoms with Gasteiger partial charge in [-0.05, 0) is 19.4 Å². The van der Waals surface area contributed by atoms with Crippen LogP contribution in [0.2, 0.25) is 0 Å². The maximum Gasteiger partial charge on any atom is 0.172 e. The van der Waals surface area contributed by atoms with E-state index < -0.39 is 31.1 Å². The van der Waals surface area contributed by atoms with E-state index in [2.05, 4.69) is 15.3 Å². The molecule has 160 valence electrons. The lowest BCUT2D eigenvalue weighted by molar-refractivity contribution is -0.0548. The molecule has 1 aromatic carbocycles. The van der Waals surface area contributed by atoms with Crippen molar-refractivity contribution in [2.45, 2.75) is 55.3 Å². The van der Waals surface area contributed by atoms with Crippen molar-refractivity contribution < 1.29 is 20.1 Å². The minimum atomic E-state index is -1.23. The zero-order valence-corrected chi connectivity index (χ0v) is 17.5. The highest BCUT2D eigenvalue weighted by Crippen LogP contribution is 2.37. The lowest BCUT2D eigenvalue weighted by Crippen LogP contribution is -2.33. The molecular weight excluding hydrogens is 406 g/mol. The van der Waals surface area contributed by atoms with Crippen molar-refractivity contribution in [2.75, 3.05) is 11.9 Å². The number of anilines is 1. The van der Waals surface area contributed by atoms with Gasteiger partial charge in [-0.1, -0.05) is 42.1 Å². The number of benzene rings is 1. The van der Waals surface area contributed by atoms with Crippen molar-refractivity contribution in [1.82, 2.24) is 19.5 Å². The van der Waals surface area contributed by atoms with Gasteiger partial charge in [-0.3, -0.25) is 4.57 Å². The summed E-state index contributed by atoms with van der Waals surface area (Å²) in [7, 11) is 0. The summed E-state index contributed by atoms with van der Waals surface area (Å²) in [5.41, 5.74) is 2.16. The summed E-state index contributed by atoms with van der Waals surface area (Å²) in [6, 6.07) is 10.1. The van der Waals surface area contributed by atoms with Crippen molar-refractivity contribution in [2.24, 2.45) is 0 Å². The van der Waals surface area contributed by atoms with Crippen LogP contribution in [0.15, 0.2) is 41.8 Å². The molecule has 3 aromatic rings. The molecule has 30 heavy (non-hydrogen) atoms. The second-order valence-corrected chi connectivity index (χ2v) is 8.40. The summed E-state index contributed by atoms with van der Waals surface area (Å²) in [5, 5.41) is 34.2. The Balaban J connectivity index is 1.77. The Hall–Kier alpha value is -2.24. The van der Waals surface area contributed by atoms with E-state index in [4.69, 9.17) is 9.72 Å². The summed E-state index contributed by atoms with van der Waals surface area (Å²) in [6.45, 7) is 3.60. The first kappa shape index (κ1) is 21.0. The van der Waals surface area contributed by atoms with Crippen LogP contribution in [0.4, 0.5) is 5.82 Å². The fourth-order valence-electron chi connectivity index (χ4n) is 3.41. The van der Waals surface area contributed by atoms with Crippen molar-refractivity contribution in [3.05, 3.63) is 42.2 Å². The van der Waals surface area contributed by atoms with Gasteiger partial charge in [0.2, 0.25) is 0 Å². The predicted octanol–water partition coefficient (Wildman–Crippen LogP) is 1.55. The van der Waals surface area contributed by atoms with Gasteiger partial charge >= 0.3 is 0 Å². The summed E-state index contributed by atoms with van der Waals surface area (Å²) in [4.78, 5) is 13.4. The van der Waals surface area contributed by atoms with E-state index in [9.17, 15) is 15.3 Å². The summed E-state index contributed by atoms with van der Waals surface area (Å²) in [6.07, 6.45) is -2.82. The van der Waals surface area contributed by atoms with E-state index >= 15 is 0 Å². The van der Waals surface area contributed by atoms with Gasteiger partial charge in [0.05, 0.1) is 6.61 Å². The van der Waals surface area contributed by atoms with Gasteiger partial charge < -0.3 is 25.4 Å². The molecule has 4 atom stereocenters. The van der Waals surface area contributed by atoms with Crippen molar-refractivity contribution in [3.8, 4) is 0 Å². The van der Waals surface area contributed by atoms with Crippen molar-refractivity contribution in [3.63, 3.8) is 0 Å². The maximum atomic E-state index is 10.6. The third-order valence-corrected chi connectivity index (χ3v) is 5.88. The molecule has 1 saturated heterocycles. The Kier molecular flexibility index (Phi) is 6.21. The Morgan fingerprint density at radius 3 is 2.60 bits per heavy atom. The fraction of sp³-hybridized carbons (Fsp3) is 0.450. The van der Waals surface area contributed by atoms with Crippen LogP contribution in [0.3, 0.4) is 0 Å². The summed E-state index contributed by atoms with van der Waals surface area (Å²) >= 11 is 1.47. The van der Waals surface area contributed by atoms with Gasteiger partial charge in [0.1, 0.15) is 24.6 Å². The zero-order valence-electron chi connectivity index (χ0n) is 16.7. The number of aliphatic hydroxyl groups excluding tert-OH is 3. The number of imidazole rings is 1. The molecule has 0 unspecified atom stereocenters. The number of nitrogens with one attached hydrogen (secondary N) is 1. The van der Waals surface area contributed by atoms with Crippen LogP contribution >= 0.6 is 11.8 Å². The monoisotopic (exact) mass is 431 g/mol. The minimum absolute atomic E-state index is 0.141. The molecule has 0 aliphatic carbocycles. The summed E-state index contributed by atoms with van der Waals surface area (Å²) < 4.78 is 7.46. The fourth-order valence-corrected chi connectivity index (χ4v) is 4.39. The van der Waals surface area contributed by atoms with Crippen LogP contribution in [0.25, 0.3) is 11.2 Å². The minimum Gasteiger partial charge on any atom is -0.394 e. The quantitative estimate of drug-likeness (QED) is 0.412. The SMILES string of the molecule is CC(C)Nc1ncnc2c1nc(SCc1ccccc1)n2[C@@H]1O[C@H](CO)[C@@H](O)[C@H]1O. The first-order chi connectivity index (χ1) is 14.5. The molecule has 1 aliphatic rings. The number of fused-ring (bicyclic) bond motifs is 1. The standard InChI is InChI=1S/C20H25N5O4S/c1-11(2)23-17-14-18(22-10-21-17)25(19-16(28)15(27)13(8-26)29-19)20(24-14)30-9-12-6-4-3-5-7-12/h3-7,10-11,13,15-16,19,26-28H,8-9H2,1-2H3,(H,21,22,23)/t13-,15-,16-,19-/m1/s1. The maximum absolute atomic E-state index is 10.6. The Labute approximate surface area is 178 Å². The number of thioether (sulfide) groups is 1. The van der Waals surface area contributed by atoms with E-state index in [1.54, 1.807) is 4.57 Å². The zero-order chi connectivity index (χ0) is 21.3. The molecule has 4 N–H and O–H groups in total. The number of rotatable bonds is 7. The molecule has 2 aromatic heterocycles. The predicted molar refractivity (Wildman–Crippen MR) is 113 cm³/mol. The Morgan fingerprint density at radius 1 is 1.17 bits per heavy atom. The highest BCUT2D eigenvalue weighted by molar-refractivity contribution is 7.98. The normalized spacial score (nSPS) is 24.1. The molecule has 0 radical (unpaired) electrons. The molecular formula is C20H25N5O4S. The van der Waals surface area contributed by atoms with Gasteiger partial charge in [0, 0.05) is 11.8 Å². The second kappa shape index (κ2) is 8.86. The molecule has 0 spiro atoms. The Morgan fingerprint density at radius 2 is 1.93 bits per heavy atom. The molecule has 3 heterocycles. The van der Waals surface area contributed by atoms with Crippen LogP contribution in [-0.2, 0) is 10.5 Å². The van der Waals surface area contributed by atoms with Gasteiger partial charge in [-0.15, -0.1) is 0 Å². The first-order valence-electron chi connectivity index (χ1n) is 9.78. The molecule has 1 fully saturated rings. The van der Waals surface area contributed by atoms with Gasteiger partial charge in [0.25, 0.3) is 0 Å². The largest absolute Gasteiger partial charge is 0.394 e. The second-order valence-electron chi connectivity index (χ2n) is 7.46. The third-order valence-electron chi connectivity index (χ3n) is 4.85. The number of aromatic nitrogens is 4. The average Bonchev–Trinajstić information content (AvgIpc) is 3.25. The lowest BCUT2D eigenvalue weighted by atomic mass is 10.1. The number of hydrogen-bond donors (Lipinski definition) is 4. The smallest absolute Gasteiger partial charge is 0.172 e. The van der Waals surface area contributed by atoms with Gasteiger partial charge in [0.15, 0.2) is 28.4 Å². The molecule has 0 saturated carbocycles. The molecule has 0 bridgehead atoms. The van der Waals surface area contributed by atoms with Crippen LogP contribution in [0.5, 0.6) is 0 Å². The molecule has 9 nitrogen and oxygen atoms in total. The first-order valence-corrected chi connectivity index (χ1v) is 10.8. The van der Waals surface area contributed by atoms with Crippen molar-refractivity contribution >= 4 is 28.7 Å². The molecule has 1 aliphatic heterocycles. The van der Waals surface area contributed by atoms with E-state index in [-0.39, 0.29) is 6.04 Å². The number of ether oxygens (including phenoxy) is 1. The molecule has 10 heteroatoms. The molecule has 0 amide bonds. The number of nitrogens with zero attached hydrogens (tertiary/aromatic N) is 4. The highest BCUT2D eigenvalue weighted by atomic mass is 32.2. The van der Waals surface area contributed by atoms with Crippen LogP contribution in [0.1, 0.15) is 25.6 Å². The Bertz CT molecular complexity index is 1000. The molecule has 4 rings (SSSR count). The third kappa shape index (κ3) is 4.01. The lowest BCUT2D eigenvalue weighted by Gasteiger charge is -2.19. The topological polar surface area (TPSA) is 126 Å². The highest BCUT2D eigenvalue weighted by Gasteiger charge is 2.45. The number of hydrogen-bond acceptors (Lipinski definition) is 9. The van der Waals surface area contributed by atoms with Crippen molar-refractivity contribution in [1.29, 1.82) is 0 Å². The van der Waals surface area contributed by atoms with Crippen LogP contribution < -0.4 is 5.32 Å². The van der Waals surface area contributed by atoms with E-state index in [1.165, 1.54) is 18.1 Å². The summed E-state index contributed by atoms with van der Waals surface area (Å²) in [5.74, 6) is 1.24. The van der Waals surface area contributed by atoms with Crippen LogP contribution in [-0.4, -0.2) is 65.8 Å². The van der Waals surface area contributed by atoms with E-state index in [0.29, 0.717) is 27.9 Å². The average molecular weight is 432 g/mol. The van der Waals surface area contributed by atoms with Crippen LogP contribution in [0, 0.1) is 0 Å². The van der Waals surface area contributed by atoms with E-state index in [0.717, 1.165) is 5.56 Å². The number of aliphatic hydroxyl groups is 3. The van der Waals surface area contributed by atoms with Gasteiger partial charge in [-0.2, -0.15) is 0 Å². The van der Waals surface area contributed by atoms with E-state index in [1.807, 2.05) is 44.2 Å².